The normalized spacial score (nSPS) is 28.8. The Balaban J connectivity index is 0.00000151. The van der Waals surface area contributed by atoms with Crippen LogP contribution < -0.4 is 4.33 Å². The molecule has 1 fully saturated rings. The number of carbonyl (C=O) groups excluding carboxylic acids is 1. The molecule has 2 aliphatic rings. The van der Waals surface area contributed by atoms with Crippen LogP contribution in [-0.2, 0) is 9.53 Å². The molecule has 1 aliphatic heterocycles. The number of hydrogen-bond donors (Lipinski definition) is 2. The summed E-state index contributed by atoms with van der Waals surface area (Å²) in [5, 5.41) is 10.9. The van der Waals surface area contributed by atoms with Crippen LogP contribution in [0.25, 0.3) is 0 Å². The molecule has 25 heavy (non-hydrogen) atoms. The van der Waals surface area contributed by atoms with Gasteiger partial charge in [0.15, 0.2) is 0 Å². The minimum absolute atomic E-state index is 0.0529. The van der Waals surface area contributed by atoms with E-state index in [2.05, 4.69) is 15.9 Å². The summed E-state index contributed by atoms with van der Waals surface area (Å²) < 4.78 is 34.9. The van der Waals surface area contributed by atoms with Gasteiger partial charge in [-0.05, 0) is 0 Å². The van der Waals surface area contributed by atoms with E-state index < -0.39 is 17.5 Å². The van der Waals surface area contributed by atoms with E-state index in [-0.39, 0.29) is 40.9 Å². The third-order valence-corrected chi connectivity index (χ3v) is 7.67. The summed E-state index contributed by atoms with van der Waals surface area (Å²) in [7, 11) is 1.32. The standard InChI is InChI=1S/C15H18BrF2NO3Se.C2H6/c1-22-13(20)10-2-3-11(16)12(23-19-9-4-10)14(21)5-7-15(17,18)8-6-14;1-2/h2,4,9,19,21H,3,5-8H2,1H3;1-2H3/p+1/b9-4-,10-2+,12-11+;. The number of rotatable bonds is 2. The number of halogens is 3. The Morgan fingerprint density at radius 1 is 1.32 bits per heavy atom. The predicted molar refractivity (Wildman–Crippen MR) is 97.2 cm³/mol. The number of aliphatic hydroxyl groups is 1. The summed E-state index contributed by atoms with van der Waals surface area (Å²) in [4.78, 5) is 11.7. The topological polar surface area (TPSA) is 63.1 Å². The molecule has 3 N–H and O–H groups in total. The van der Waals surface area contributed by atoms with Crippen LogP contribution >= 0.6 is 15.9 Å². The fourth-order valence-corrected chi connectivity index (χ4v) is 5.53. The third-order valence-electron chi connectivity index (χ3n) is 3.94. The van der Waals surface area contributed by atoms with E-state index in [1.54, 1.807) is 18.4 Å². The minimum atomic E-state index is -2.69. The third kappa shape index (κ3) is 6.29. The molecule has 1 aliphatic carbocycles. The van der Waals surface area contributed by atoms with Gasteiger partial charge in [0, 0.05) is 0 Å². The Labute approximate surface area is 162 Å². The van der Waals surface area contributed by atoms with Gasteiger partial charge in [0.1, 0.15) is 0 Å². The maximum atomic E-state index is 13.4. The second kappa shape index (κ2) is 9.97. The first-order valence-corrected chi connectivity index (χ1v) is 10.9. The van der Waals surface area contributed by atoms with Gasteiger partial charge in [0.25, 0.3) is 0 Å². The van der Waals surface area contributed by atoms with Crippen molar-refractivity contribution in [3.05, 3.63) is 32.9 Å². The Bertz CT molecular complexity index is 566. The number of hydrogen-bond acceptors (Lipinski definition) is 3. The number of esters is 1. The molecule has 0 amide bonds. The van der Waals surface area contributed by atoms with E-state index in [1.165, 1.54) is 7.11 Å². The zero-order chi connectivity index (χ0) is 19.1. The number of nitrogens with two attached hydrogens (primary N) is 1. The number of ether oxygens (including phenoxy) is 1. The molecule has 142 valence electrons. The van der Waals surface area contributed by atoms with Gasteiger partial charge in [-0.25, -0.2) is 0 Å². The molecule has 0 spiro atoms. The molecule has 0 saturated heterocycles. The van der Waals surface area contributed by atoms with Gasteiger partial charge >= 0.3 is 148 Å². The van der Waals surface area contributed by atoms with Crippen LogP contribution in [0.1, 0.15) is 46.0 Å². The maximum absolute atomic E-state index is 13.4. The number of methoxy groups -OCH3 is 1. The number of alkyl halides is 2. The van der Waals surface area contributed by atoms with Crippen molar-refractivity contribution in [1.82, 2.24) is 0 Å². The Hall–Kier alpha value is -0.531. The van der Waals surface area contributed by atoms with Crippen LogP contribution in [0.15, 0.2) is 32.9 Å². The van der Waals surface area contributed by atoms with Crippen molar-refractivity contribution in [2.24, 2.45) is 0 Å². The van der Waals surface area contributed by atoms with Crippen molar-refractivity contribution in [1.29, 1.82) is 0 Å². The molecular formula is C17H25BrF2NO3Se+. The van der Waals surface area contributed by atoms with Crippen molar-refractivity contribution in [3.8, 4) is 0 Å². The second-order valence-electron chi connectivity index (χ2n) is 5.59. The predicted octanol–water partition coefficient (Wildman–Crippen LogP) is 2.76. The van der Waals surface area contributed by atoms with Crippen LogP contribution in [0, 0.1) is 0 Å². The number of carbonyl (C=O) groups is 1. The summed E-state index contributed by atoms with van der Waals surface area (Å²) in [6.45, 7) is 4.00. The van der Waals surface area contributed by atoms with Gasteiger partial charge in [-0.2, -0.15) is 0 Å². The Morgan fingerprint density at radius 3 is 2.48 bits per heavy atom. The summed E-state index contributed by atoms with van der Waals surface area (Å²) in [6, 6.07) is 0. The van der Waals surface area contributed by atoms with Crippen molar-refractivity contribution in [3.63, 3.8) is 0 Å². The van der Waals surface area contributed by atoms with E-state index in [9.17, 15) is 18.7 Å². The summed E-state index contributed by atoms with van der Waals surface area (Å²) in [5.41, 5.74) is -0.769. The van der Waals surface area contributed by atoms with Crippen LogP contribution in [0.5, 0.6) is 0 Å². The summed E-state index contributed by atoms with van der Waals surface area (Å²) in [6.07, 6.45) is 5.03. The molecule has 8 heteroatoms. The molecule has 0 aromatic heterocycles. The zero-order valence-electron chi connectivity index (χ0n) is 14.7. The molecule has 0 atom stereocenters. The molecule has 0 aromatic carbocycles. The summed E-state index contributed by atoms with van der Waals surface area (Å²) in [5.74, 6) is -3.12. The Morgan fingerprint density at radius 2 is 1.92 bits per heavy atom. The zero-order valence-corrected chi connectivity index (χ0v) is 17.9. The molecule has 0 aromatic rings. The van der Waals surface area contributed by atoms with E-state index in [4.69, 9.17) is 4.74 Å². The fraction of sp³-hybridized carbons (Fsp3) is 0.588. The van der Waals surface area contributed by atoms with Crippen molar-refractivity contribution in [2.75, 3.05) is 7.11 Å². The fourth-order valence-electron chi connectivity index (χ4n) is 2.56. The molecule has 1 heterocycles. The first-order valence-electron chi connectivity index (χ1n) is 8.22. The van der Waals surface area contributed by atoms with Crippen molar-refractivity contribution < 1.29 is 27.8 Å². The molecule has 0 unspecified atom stereocenters. The number of quaternary nitrogens is 1. The average Bonchev–Trinajstić information content (AvgIpc) is 2.70. The van der Waals surface area contributed by atoms with Crippen LogP contribution in [0.4, 0.5) is 8.78 Å². The van der Waals surface area contributed by atoms with Crippen LogP contribution in [0.3, 0.4) is 0 Å². The quantitative estimate of drug-likeness (QED) is 0.465. The van der Waals surface area contributed by atoms with Gasteiger partial charge in [0.05, 0.1) is 0 Å². The van der Waals surface area contributed by atoms with Crippen LogP contribution in [-0.4, -0.2) is 44.9 Å². The van der Waals surface area contributed by atoms with Gasteiger partial charge in [-0.3, -0.25) is 0 Å². The molecule has 0 bridgehead atoms. The summed E-state index contributed by atoms with van der Waals surface area (Å²) >= 11 is 3.29. The first kappa shape index (κ1) is 22.5. The molecule has 4 nitrogen and oxygen atoms in total. The SMILES string of the molecule is CC.COC(=O)C1=C/C/C(Br)=C(/C2(O)CCC(F)(F)CC2)[Se][NH2+]/C=C\1. The molecule has 0 radical (unpaired) electrons. The number of allylic oxidation sites excluding steroid dienone is 2. The second-order valence-corrected chi connectivity index (χ2v) is 8.47. The monoisotopic (exact) mass is 488 g/mol. The van der Waals surface area contributed by atoms with Crippen LogP contribution in [0.2, 0.25) is 0 Å². The van der Waals surface area contributed by atoms with Crippen molar-refractivity contribution in [2.45, 2.75) is 57.5 Å². The molecular weight excluding hydrogens is 463 g/mol. The van der Waals surface area contributed by atoms with Crippen molar-refractivity contribution >= 4 is 37.1 Å². The van der Waals surface area contributed by atoms with E-state index >= 15 is 0 Å². The first-order chi connectivity index (χ1) is 11.8. The van der Waals surface area contributed by atoms with E-state index in [0.29, 0.717) is 12.0 Å². The Kier molecular flexibility index (Phi) is 8.98. The van der Waals surface area contributed by atoms with Gasteiger partial charge in [0.2, 0.25) is 0 Å². The van der Waals surface area contributed by atoms with E-state index in [0.717, 1.165) is 8.95 Å². The van der Waals surface area contributed by atoms with E-state index in [1.807, 2.05) is 18.2 Å². The van der Waals surface area contributed by atoms with Gasteiger partial charge < -0.3 is 0 Å². The van der Waals surface area contributed by atoms with Gasteiger partial charge in [-0.15, -0.1) is 0 Å². The average molecular weight is 488 g/mol. The molecule has 2 rings (SSSR count). The molecule has 1 saturated carbocycles. The van der Waals surface area contributed by atoms with Gasteiger partial charge in [-0.1, -0.05) is 13.8 Å².